The third kappa shape index (κ3) is 4.01. The lowest BCUT2D eigenvalue weighted by atomic mass is 9.93. The Labute approximate surface area is 106 Å². The average Bonchev–Trinajstić information content (AvgIpc) is 2.55. The number of carbonyl (C=O) groups excluding carboxylic acids is 1. The summed E-state index contributed by atoms with van der Waals surface area (Å²) < 4.78 is 0. The molecular weight excluding hydrogens is 210 g/mol. The summed E-state index contributed by atoms with van der Waals surface area (Å²) in [6.45, 7) is 2.32. The van der Waals surface area contributed by atoms with Crippen molar-refractivity contribution in [3.05, 3.63) is 0 Å². The molecule has 0 aromatic heterocycles. The van der Waals surface area contributed by atoms with Crippen molar-refractivity contribution in [3.8, 4) is 0 Å². The van der Waals surface area contributed by atoms with Crippen LogP contribution in [0.3, 0.4) is 0 Å². The fraction of sp³-hybridized carbons (Fsp3) is 0.933. The van der Waals surface area contributed by atoms with Crippen LogP contribution in [0.5, 0.6) is 0 Å². The zero-order valence-corrected chi connectivity index (χ0v) is 11.2. The van der Waals surface area contributed by atoms with Gasteiger partial charge in [-0.3, -0.25) is 4.79 Å². The highest BCUT2D eigenvalue weighted by atomic mass is 16.1. The molecule has 2 heteroatoms. The summed E-state index contributed by atoms with van der Waals surface area (Å²) in [5.74, 6) is 1.48. The second-order valence-electron chi connectivity index (χ2n) is 6.15. The fourth-order valence-corrected chi connectivity index (χ4v) is 3.32. The fourth-order valence-electron chi connectivity index (χ4n) is 3.32. The second kappa shape index (κ2) is 6.42. The lowest BCUT2D eigenvalue weighted by molar-refractivity contribution is -0.126. The third-order valence-corrected chi connectivity index (χ3v) is 4.58. The van der Waals surface area contributed by atoms with Gasteiger partial charge >= 0.3 is 0 Å². The van der Waals surface area contributed by atoms with Crippen LogP contribution in [0.15, 0.2) is 0 Å². The molecule has 0 bridgehead atoms. The van der Waals surface area contributed by atoms with Gasteiger partial charge in [0.15, 0.2) is 0 Å². The summed E-state index contributed by atoms with van der Waals surface area (Å²) in [4.78, 5) is 12.2. The Bertz CT molecular complexity index is 245. The van der Waals surface area contributed by atoms with Gasteiger partial charge in [-0.1, -0.05) is 39.0 Å². The maximum Gasteiger partial charge on any atom is 0.223 e. The van der Waals surface area contributed by atoms with Crippen LogP contribution in [-0.4, -0.2) is 11.9 Å². The summed E-state index contributed by atoms with van der Waals surface area (Å²) in [5.41, 5.74) is 0. The Balaban J connectivity index is 1.77. The minimum Gasteiger partial charge on any atom is -0.353 e. The maximum absolute atomic E-state index is 12.2. The van der Waals surface area contributed by atoms with Crippen LogP contribution < -0.4 is 5.32 Å². The Morgan fingerprint density at radius 2 is 1.65 bits per heavy atom. The van der Waals surface area contributed by atoms with Crippen molar-refractivity contribution in [1.82, 2.24) is 5.32 Å². The Kier molecular flexibility index (Phi) is 4.87. The number of hydrogen-bond donors (Lipinski definition) is 1. The molecule has 1 amide bonds. The molecular formula is C15H27NO. The molecule has 2 rings (SSSR count). The quantitative estimate of drug-likeness (QED) is 0.730. The van der Waals surface area contributed by atoms with Crippen LogP contribution in [0.1, 0.15) is 71.1 Å². The molecule has 2 atom stereocenters. The molecule has 98 valence electrons. The van der Waals surface area contributed by atoms with Gasteiger partial charge in [-0.15, -0.1) is 0 Å². The van der Waals surface area contributed by atoms with Crippen molar-refractivity contribution in [1.29, 1.82) is 0 Å². The van der Waals surface area contributed by atoms with Gasteiger partial charge in [0, 0.05) is 12.0 Å². The van der Waals surface area contributed by atoms with E-state index in [2.05, 4.69) is 12.2 Å². The predicted octanol–water partition coefficient (Wildman–Crippen LogP) is 3.65. The van der Waals surface area contributed by atoms with E-state index < -0.39 is 0 Å². The number of rotatable bonds is 2. The molecule has 17 heavy (non-hydrogen) atoms. The second-order valence-corrected chi connectivity index (χ2v) is 6.15. The number of nitrogens with one attached hydrogen (secondary N) is 1. The summed E-state index contributed by atoms with van der Waals surface area (Å²) in [6.07, 6.45) is 12.4. The predicted molar refractivity (Wildman–Crippen MR) is 70.8 cm³/mol. The van der Waals surface area contributed by atoms with Gasteiger partial charge in [-0.25, -0.2) is 0 Å². The normalized spacial score (nSPS) is 31.8. The topological polar surface area (TPSA) is 29.1 Å². The van der Waals surface area contributed by atoms with E-state index in [1.165, 1.54) is 51.4 Å². The first-order valence-corrected chi connectivity index (χ1v) is 7.56. The van der Waals surface area contributed by atoms with Crippen LogP contribution in [0.2, 0.25) is 0 Å². The third-order valence-electron chi connectivity index (χ3n) is 4.58. The Morgan fingerprint density at radius 3 is 2.41 bits per heavy atom. The van der Waals surface area contributed by atoms with E-state index >= 15 is 0 Å². The monoisotopic (exact) mass is 237 g/mol. The highest BCUT2D eigenvalue weighted by molar-refractivity contribution is 5.78. The summed E-state index contributed by atoms with van der Waals surface area (Å²) in [5, 5.41) is 3.29. The van der Waals surface area contributed by atoms with E-state index in [0.717, 1.165) is 18.8 Å². The van der Waals surface area contributed by atoms with E-state index in [4.69, 9.17) is 0 Å². The average molecular weight is 237 g/mol. The minimum absolute atomic E-state index is 0.307. The highest BCUT2D eigenvalue weighted by Crippen LogP contribution is 2.27. The van der Waals surface area contributed by atoms with Gasteiger partial charge in [0.2, 0.25) is 5.91 Å². The van der Waals surface area contributed by atoms with Crippen molar-refractivity contribution >= 4 is 5.91 Å². The van der Waals surface area contributed by atoms with Crippen molar-refractivity contribution in [3.63, 3.8) is 0 Å². The van der Waals surface area contributed by atoms with Crippen molar-refractivity contribution in [2.75, 3.05) is 0 Å². The molecule has 1 N–H and O–H groups in total. The van der Waals surface area contributed by atoms with Gasteiger partial charge in [0.1, 0.15) is 0 Å². The molecule has 2 saturated carbocycles. The van der Waals surface area contributed by atoms with E-state index in [-0.39, 0.29) is 0 Å². The summed E-state index contributed by atoms with van der Waals surface area (Å²) >= 11 is 0. The van der Waals surface area contributed by atoms with Gasteiger partial charge in [0.25, 0.3) is 0 Å². The summed E-state index contributed by atoms with van der Waals surface area (Å²) in [6, 6.07) is 0.483. The maximum atomic E-state index is 12.2. The van der Waals surface area contributed by atoms with Crippen LogP contribution in [0.25, 0.3) is 0 Å². The highest BCUT2D eigenvalue weighted by Gasteiger charge is 2.24. The molecule has 2 fully saturated rings. The van der Waals surface area contributed by atoms with Crippen molar-refractivity contribution in [2.24, 2.45) is 11.8 Å². The molecule has 0 spiro atoms. The molecule has 0 aromatic carbocycles. The van der Waals surface area contributed by atoms with E-state index in [1.54, 1.807) is 0 Å². The molecule has 0 radical (unpaired) electrons. The zero-order chi connectivity index (χ0) is 12.1. The molecule has 2 aliphatic carbocycles. The number of hydrogen-bond acceptors (Lipinski definition) is 1. The van der Waals surface area contributed by atoms with E-state index in [0.29, 0.717) is 17.9 Å². The lowest BCUT2D eigenvalue weighted by Crippen LogP contribution is -2.39. The first-order chi connectivity index (χ1) is 8.25. The van der Waals surface area contributed by atoms with Crippen LogP contribution in [0.4, 0.5) is 0 Å². The van der Waals surface area contributed by atoms with E-state index in [1.807, 2.05) is 0 Å². The Hall–Kier alpha value is -0.530. The van der Waals surface area contributed by atoms with Gasteiger partial charge < -0.3 is 5.32 Å². The molecule has 0 heterocycles. The molecule has 2 unspecified atom stereocenters. The molecule has 0 aliphatic heterocycles. The first-order valence-electron chi connectivity index (χ1n) is 7.56. The van der Waals surface area contributed by atoms with Crippen molar-refractivity contribution in [2.45, 2.75) is 77.2 Å². The van der Waals surface area contributed by atoms with Crippen LogP contribution in [-0.2, 0) is 4.79 Å². The van der Waals surface area contributed by atoms with Gasteiger partial charge in [-0.2, -0.15) is 0 Å². The molecule has 0 saturated heterocycles. The lowest BCUT2D eigenvalue weighted by Gasteiger charge is -2.25. The largest absolute Gasteiger partial charge is 0.353 e. The summed E-state index contributed by atoms with van der Waals surface area (Å²) in [7, 11) is 0. The molecule has 2 aliphatic rings. The standard InChI is InChI=1S/C15H27NO/c1-12-6-5-7-13(11-10-12)15(17)16-14-8-3-2-4-9-14/h12-14H,2-11H2,1H3,(H,16,17). The first kappa shape index (κ1) is 12.9. The van der Waals surface area contributed by atoms with E-state index in [9.17, 15) is 4.79 Å². The zero-order valence-electron chi connectivity index (χ0n) is 11.2. The van der Waals surface area contributed by atoms with Crippen molar-refractivity contribution < 1.29 is 4.79 Å². The molecule has 0 aromatic rings. The minimum atomic E-state index is 0.307. The SMILES string of the molecule is CC1CCCC(C(=O)NC2CCCCC2)CC1. The van der Waals surface area contributed by atoms with Gasteiger partial charge in [0.05, 0.1) is 0 Å². The number of amides is 1. The Morgan fingerprint density at radius 1 is 0.882 bits per heavy atom. The smallest absolute Gasteiger partial charge is 0.223 e. The van der Waals surface area contributed by atoms with Gasteiger partial charge in [-0.05, 0) is 38.0 Å². The molecule has 2 nitrogen and oxygen atoms in total. The van der Waals surface area contributed by atoms with Crippen LogP contribution >= 0.6 is 0 Å². The number of carbonyl (C=O) groups is 1. The van der Waals surface area contributed by atoms with Crippen LogP contribution in [0, 0.1) is 11.8 Å².